The maximum absolute atomic E-state index is 13.3. The molecule has 0 atom stereocenters. The van der Waals surface area contributed by atoms with Crippen molar-refractivity contribution in [2.45, 2.75) is 0 Å². The molecule has 1 N–H and O–H groups in total. The molecule has 0 aliphatic heterocycles. The fourth-order valence-corrected chi connectivity index (χ4v) is 3.45. The van der Waals surface area contributed by atoms with Crippen molar-refractivity contribution in [3.05, 3.63) is 93.5 Å². The van der Waals surface area contributed by atoms with Crippen molar-refractivity contribution >= 4 is 39.8 Å². The van der Waals surface area contributed by atoms with Crippen molar-refractivity contribution in [3.63, 3.8) is 0 Å². The Kier molecular flexibility index (Phi) is 4.37. The van der Waals surface area contributed by atoms with Crippen molar-refractivity contribution in [1.29, 1.82) is 0 Å². The van der Waals surface area contributed by atoms with Crippen molar-refractivity contribution in [2.24, 2.45) is 0 Å². The van der Waals surface area contributed by atoms with Gasteiger partial charge in [-0.15, -0.1) is 0 Å². The number of fused-ring (bicyclic) bond motifs is 1. The number of para-hydroxylation sites is 1. The van der Waals surface area contributed by atoms with Crippen LogP contribution < -0.4 is 11.0 Å². The van der Waals surface area contributed by atoms with Crippen LogP contribution in [0.1, 0.15) is 0 Å². The van der Waals surface area contributed by atoms with Crippen LogP contribution in [0.15, 0.2) is 77.9 Å². The molecule has 0 bridgehead atoms. The standard InChI is InChI=1S/C20H13Cl2N3O/c21-16-7-4-8-17(22)19(16)15-11-13-12-23-10-9-18(13)25(20(15)26)24-14-5-2-1-3-6-14/h1-12,24H. The van der Waals surface area contributed by atoms with Gasteiger partial charge >= 0.3 is 0 Å². The van der Waals surface area contributed by atoms with Gasteiger partial charge in [-0.1, -0.05) is 47.5 Å². The summed E-state index contributed by atoms with van der Waals surface area (Å²) in [5, 5.41) is 1.63. The van der Waals surface area contributed by atoms with Gasteiger partial charge in [0.25, 0.3) is 5.56 Å². The predicted octanol–water partition coefficient (Wildman–Crippen LogP) is 5.25. The van der Waals surface area contributed by atoms with Crippen LogP contribution in [0.4, 0.5) is 5.69 Å². The average Bonchev–Trinajstić information content (AvgIpc) is 2.65. The fourth-order valence-electron chi connectivity index (χ4n) is 2.85. The summed E-state index contributed by atoms with van der Waals surface area (Å²) in [7, 11) is 0. The summed E-state index contributed by atoms with van der Waals surface area (Å²) < 4.78 is 1.49. The maximum atomic E-state index is 13.3. The van der Waals surface area contributed by atoms with Crippen molar-refractivity contribution in [1.82, 2.24) is 9.66 Å². The smallest absolute Gasteiger partial charge is 0.277 e. The second-order valence-electron chi connectivity index (χ2n) is 5.71. The lowest BCUT2D eigenvalue weighted by molar-refractivity contribution is 0.947. The first kappa shape index (κ1) is 16.6. The van der Waals surface area contributed by atoms with Gasteiger partial charge in [-0.05, 0) is 36.4 Å². The van der Waals surface area contributed by atoms with Gasteiger partial charge in [-0.25, -0.2) is 4.68 Å². The van der Waals surface area contributed by atoms with Gasteiger partial charge in [0, 0.05) is 23.3 Å². The number of halogens is 2. The third-order valence-corrected chi connectivity index (χ3v) is 4.68. The summed E-state index contributed by atoms with van der Waals surface area (Å²) in [6.45, 7) is 0. The van der Waals surface area contributed by atoms with Gasteiger partial charge < -0.3 is 0 Å². The van der Waals surface area contributed by atoms with E-state index in [4.69, 9.17) is 23.2 Å². The van der Waals surface area contributed by atoms with Crippen LogP contribution in [-0.2, 0) is 0 Å². The number of benzene rings is 2. The number of hydrogen-bond donors (Lipinski definition) is 1. The van der Waals surface area contributed by atoms with E-state index in [2.05, 4.69) is 10.4 Å². The van der Waals surface area contributed by atoms with Gasteiger partial charge in [0.2, 0.25) is 0 Å². The molecule has 0 radical (unpaired) electrons. The zero-order chi connectivity index (χ0) is 18.1. The molecule has 4 rings (SSSR count). The molecule has 2 heterocycles. The minimum absolute atomic E-state index is 0.248. The Morgan fingerprint density at radius 2 is 1.65 bits per heavy atom. The molecule has 0 saturated carbocycles. The van der Waals surface area contributed by atoms with E-state index in [0.717, 1.165) is 11.1 Å². The first-order chi connectivity index (χ1) is 12.6. The van der Waals surface area contributed by atoms with Crippen LogP contribution in [0.5, 0.6) is 0 Å². The van der Waals surface area contributed by atoms with Crippen LogP contribution in [0, 0.1) is 0 Å². The van der Waals surface area contributed by atoms with Gasteiger partial charge in [0.15, 0.2) is 0 Å². The van der Waals surface area contributed by atoms with Crippen molar-refractivity contribution < 1.29 is 0 Å². The minimum atomic E-state index is -0.248. The molecule has 4 nitrogen and oxygen atoms in total. The van der Waals surface area contributed by atoms with Crippen LogP contribution in [0.3, 0.4) is 0 Å². The first-order valence-corrected chi connectivity index (χ1v) is 8.67. The molecular weight excluding hydrogens is 369 g/mol. The SMILES string of the molecule is O=c1c(-c2c(Cl)cccc2Cl)cc2cnccc2n1Nc1ccccc1. The third-order valence-electron chi connectivity index (χ3n) is 4.05. The number of hydrogen-bond acceptors (Lipinski definition) is 3. The number of nitrogens with one attached hydrogen (secondary N) is 1. The first-order valence-electron chi connectivity index (χ1n) is 7.91. The molecule has 0 aliphatic carbocycles. The summed E-state index contributed by atoms with van der Waals surface area (Å²) in [6.07, 6.45) is 3.35. The Morgan fingerprint density at radius 1 is 0.923 bits per heavy atom. The summed E-state index contributed by atoms with van der Waals surface area (Å²) in [5.74, 6) is 0. The predicted molar refractivity (Wildman–Crippen MR) is 107 cm³/mol. The molecule has 6 heteroatoms. The van der Waals surface area contributed by atoms with Gasteiger partial charge in [0.1, 0.15) is 0 Å². The van der Waals surface area contributed by atoms with E-state index in [0.29, 0.717) is 26.7 Å². The highest BCUT2D eigenvalue weighted by molar-refractivity contribution is 6.39. The molecule has 0 saturated heterocycles. The molecule has 0 aliphatic rings. The average molecular weight is 382 g/mol. The van der Waals surface area contributed by atoms with Crippen molar-refractivity contribution in [3.8, 4) is 11.1 Å². The molecule has 26 heavy (non-hydrogen) atoms. The normalized spacial score (nSPS) is 10.8. The summed E-state index contributed by atoms with van der Waals surface area (Å²) >= 11 is 12.7. The maximum Gasteiger partial charge on any atom is 0.277 e. The largest absolute Gasteiger partial charge is 0.291 e. The Balaban J connectivity index is 2.02. The quantitative estimate of drug-likeness (QED) is 0.527. The molecule has 0 fully saturated rings. The summed E-state index contributed by atoms with van der Waals surface area (Å²) in [4.78, 5) is 17.4. The molecule has 4 aromatic rings. The molecule has 2 aromatic heterocycles. The summed E-state index contributed by atoms with van der Waals surface area (Å²) in [5.41, 5.74) is 5.32. The van der Waals surface area contributed by atoms with Crippen molar-refractivity contribution in [2.75, 3.05) is 5.43 Å². The fraction of sp³-hybridized carbons (Fsp3) is 0. The van der Waals surface area contributed by atoms with Gasteiger partial charge in [-0.3, -0.25) is 15.2 Å². The number of rotatable bonds is 3. The van der Waals surface area contributed by atoms with Crippen LogP contribution >= 0.6 is 23.2 Å². The summed E-state index contributed by atoms with van der Waals surface area (Å²) in [6, 6.07) is 18.2. The highest BCUT2D eigenvalue weighted by Gasteiger charge is 2.16. The van der Waals surface area contributed by atoms with E-state index in [1.807, 2.05) is 30.3 Å². The third kappa shape index (κ3) is 2.94. The van der Waals surface area contributed by atoms with E-state index in [1.54, 1.807) is 42.7 Å². The van der Waals surface area contributed by atoms with E-state index in [9.17, 15) is 4.79 Å². The monoisotopic (exact) mass is 381 g/mol. The number of pyridine rings is 2. The Morgan fingerprint density at radius 3 is 2.38 bits per heavy atom. The lowest BCUT2D eigenvalue weighted by atomic mass is 10.1. The van der Waals surface area contributed by atoms with E-state index >= 15 is 0 Å². The zero-order valence-electron chi connectivity index (χ0n) is 13.5. The Bertz CT molecular complexity index is 1140. The van der Waals surface area contributed by atoms with Crippen LogP contribution in [0.2, 0.25) is 10.0 Å². The molecule has 0 unspecified atom stereocenters. The highest BCUT2D eigenvalue weighted by atomic mass is 35.5. The number of anilines is 1. The minimum Gasteiger partial charge on any atom is -0.291 e. The Hall–Kier alpha value is -2.82. The van der Waals surface area contributed by atoms with Crippen LogP contribution in [-0.4, -0.2) is 9.66 Å². The number of nitrogens with zero attached hydrogens (tertiary/aromatic N) is 2. The lowest BCUT2D eigenvalue weighted by Gasteiger charge is -2.16. The van der Waals surface area contributed by atoms with E-state index in [1.165, 1.54) is 4.68 Å². The second-order valence-corrected chi connectivity index (χ2v) is 6.52. The Labute approximate surface area is 159 Å². The number of aromatic nitrogens is 2. The molecule has 0 amide bonds. The lowest BCUT2D eigenvalue weighted by Crippen LogP contribution is -2.28. The molecule has 128 valence electrons. The highest BCUT2D eigenvalue weighted by Crippen LogP contribution is 2.33. The van der Waals surface area contributed by atoms with Gasteiger partial charge in [0.05, 0.1) is 26.8 Å². The second kappa shape index (κ2) is 6.83. The molecular formula is C20H13Cl2N3O. The van der Waals surface area contributed by atoms with E-state index < -0.39 is 0 Å². The van der Waals surface area contributed by atoms with Crippen LogP contribution in [0.25, 0.3) is 22.0 Å². The van der Waals surface area contributed by atoms with Gasteiger partial charge in [-0.2, -0.15) is 0 Å². The topological polar surface area (TPSA) is 46.9 Å². The zero-order valence-corrected chi connectivity index (χ0v) is 15.0. The van der Waals surface area contributed by atoms with E-state index in [-0.39, 0.29) is 5.56 Å². The molecule has 0 spiro atoms. The molecule has 2 aromatic carbocycles.